The fourth-order valence-corrected chi connectivity index (χ4v) is 3.25. The third kappa shape index (κ3) is 3.59. The van der Waals surface area contributed by atoms with E-state index in [2.05, 4.69) is 58.5 Å². The molecule has 0 bridgehead atoms. The summed E-state index contributed by atoms with van der Waals surface area (Å²) in [6.07, 6.45) is 0.993. The van der Waals surface area contributed by atoms with Gasteiger partial charge in [0.1, 0.15) is 0 Å². The molecule has 0 saturated carbocycles. The van der Waals surface area contributed by atoms with Gasteiger partial charge in [-0.1, -0.05) is 30.3 Å². The summed E-state index contributed by atoms with van der Waals surface area (Å²) in [5, 5.41) is 6.58. The Morgan fingerprint density at radius 2 is 2.21 bits per heavy atom. The number of benzene rings is 1. The minimum Gasteiger partial charge on any atom is -0.373 e. The van der Waals surface area contributed by atoms with Crippen molar-refractivity contribution >= 4 is 17.5 Å². The number of likely N-dealkylation sites (N-methyl/N-ethyl adjacent to an activating group) is 1. The molecule has 0 fully saturated rings. The topological polar surface area (TPSA) is 61.6 Å². The van der Waals surface area contributed by atoms with Crippen LogP contribution >= 0.6 is 0 Å². The number of fused-ring (bicyclic) bond motifs is 1. The lowest BCUT2D eigenvalue weighted by Gasteiger charge is -2.29. The van der Waals surface area contributed by atoms with Gasteiger partial charge in [-0.3, -0.25) is 15.0 Å². The van der Waals surface area contributed by atoms with Crippen molar-refractivity contribution in [1.82, 2.24) is 10.1 Å². The Morgan fingerprint density at radius 1 is 1.42 bits per heavy atom. The molecular weight excluding hydrogens is 304 g/mol. The number of hydrogen-bond acceptors (Lipinski definition) is 5. The molecule has 1 N–H and O–H groups in total. The molecule has 6 nitrogen and oxygen atoms in total. The standard InChI is InChI=1S/C18H24N4O2/c1-4-15-11-21(3)16-8-6-5-7-14(16)10-22(15)12-17(23)19-18-9-13(2)20-24-18/h5-9,15H,4,10-12H2,1-3H3,(H,19,23). The normalized spacial score (nSPS) is 18.1. The maximum absolute atomic E-state index is 12.4. The molecule has 1 unspecified atom stereocenters. The quantitative estimate of drug-likeness (QED) is 0.935. The second-order valence-electron chi connectivity index (χ2n) is 6.36. The first-order valence-electron chi connectivity index (χ1n) is 8.33. The zero-order valence-electron chi connectivity index (χ0n) is 14.5. The van der Waals surface area contributed by atoms with E-state index in [9.17, 15) is 4.79 Å². The summed E-state index contributed by atoms with van der Waals surface area (Å²) in [6, 6.07) is 10.4. The molecule has 6 heteroatoms. The highest BCUT2D eigenvalue weighted by Gasteiger charge is 2.26. The molecule has 0 aliphatic carbocycles. The lowest BCUT2D eigenvalue weighted by Crippen LogP contribution is -2.43. The first kappa shape index (κ1) is 16.5. The summed E-state index contributed by atoms with van der Waals surface area (Å²) in [4.78, 5) is 16.9. The number of amides is 1. The average Bonchev–Trinajstić information content (AvgIpc) is 2.90. The molecule has 0 spiro atoms. The second-order valence-corrected chi connectivity index (χ2v) is 6.36. The van der Waals surface area contributed by atoms with Crippen LogP contribution in [0.3, 0.4) is 0 Å². The largest absolute Gasteiger partial charge is 0.373 e. The van der Waals surface area contributed by atoms with Crippen molar-refractivity contribution in [2.24, 2.45) is 0 Å². The van der Waals surface area contributed by atoms with Crippen LogP contribution in [0.2, 0.25) is 0 Å². The number of rotatable bonds is 4. The molecule has 2 heterocycles. The predicted octanol–water partition coefficient (Wildman–Crippen LogP) is 2.65. The summed E-state index contributed by atoms with van der Waals surface area (Å²) < 4.78 is 5.07. The molecule has 1 aliphatic rings. The zero-order chi connectivity index (χ0) is 17.1. The number of aryl methyl sites for hydroxylation is 1. The van der Waals surface area contributed by atoms with Gasteiger partial charge in [-0.2, -0.15) is 0 Å². The Bertz CT molecular complexity index is 713. The van der Waals surface area contributed by atoms with Gasteiger partial charge in [-0.25, -0.2) is 0 Å². The predicted molar refractivity (Wildman–Crippen MR) is 94.1 cm³/mol. The van der Waals surface area contributed by atoms with E-state index < -0.39 is 0 Å². The third-order valence-corrected chi connectivity index (χ3v) is 4.49. The summed E-state index contributed by atoms with van der Waals surface area (Å²) in [5.41, 5.74) is 3.24. The molecule has 0 saturated heterocycles. The number of nitrogens with zero attached hydrogens (tertiary/aromatic N) is 3. The molecule has 1 aromatic carbocycles. The molecular formula is C18H24N4O2. The van der Waals surface area contributed by atoms with Gasteiger partial charge in [0, 0.05) is 37.9 Å². The minimum absolute atomic E-state index is 0.0772. The summed E-state index contributed by atoms with van der Waals surface area (Å²) in [7, 11) is 2.11. The number of nitrogens with one attached hydrogen (secondary N) is 1. The van der Waals surface area contributed by atoms with Crippen molar-refractivity contribution in [1.29, 1.82) is 0 Å². The molecule has 1 aliphatic heterocycles. The Labute approximate surface area is 142 Å². The summed E-state index contributed by atoms with van der Waals surface area (Å²) in [5.74, 6) is 0.324. The van der Waals surface area contributed by atoms with E-state index in [1.54, 1.807) is 6.07 Å². The molecule has 3 rings (SSSR count). The number of carbonyl (C=O) groups excluding carboxylic acids is 1. The fourth-order valence-electron chi connectivity index (χ4n) is 3.25. The van der Waals surface area contributed by atoms with Gasteiger partial charge in [-0.05, 0) is 25.0 Å². The van der Waals surface area contributed by atoms with Crippen molar-refractivity contribution in [3.05, 3.63) is 41.6 Å². The molecule has 2 aromatic rings. The number of carbonyl (C=O) groups is 1. The van der Waals surface area contributed by atoms with E-state index in [0.717, 1.165) is 25.2 Å². The van der Waals surface area contributed by atoms with E-state index in [4.69, 9.17) is 4.52 Å². The smallest absolute Gasteiger partial charge is 0.240 e. The third-order valence-electron chi connectivity index (χ3n) is 4.49. The lowest BCUT2D eigenvalue weighted by molar-refractivity contribution is -0.118. The Hall–Kier alpha value is -2.34. The van der Waals surface area contributed by atoms with Gasteiger partial charge in [0.15, 0.2) is 0 Å². The molecule has 1 amide bonds. The SMILES string of the molecule is CCC1CN(C)c2ccccc2CN1CC(=O)Nc1cc(C)no1. The monoisotopic (exact) mass is 328 g/mol. The summed E-state index contributed by atoms with van der Waals surface area (Å²) in [6.45, 7) is 6.00. The van der Waals surface area contributed by atoms with E-state index >= 15 is 0 Å². The molecule has 1 atom stereocenters. The molecule has 0 radical (unpaired) electrons. The average molecular weight is 328 g/mol. The number of para-hydroxylation sites is 1. The highest BCUT2D eigenvalue weighted by atomic mass is 16.5. The van der Waals surface area contributed by atoms with Crippen LogP contribution < -0.4 is 10.2 Å². The van der Waals surface area contributed by atoms with Crippen LogP contribution in [-0.4, -0.2) is 42.1 Å². The first-order chi connectivity index (χ1) is 11.6. The van der Waals surface area contributed by atoms with Gasteiger partial charge in [0.2, 0.25) is 11.8 Å². The van der Waals surface area contributed by atoms with Crippen LogP contribution in [0.15, 0.2) is 34.9 Å². The summed E-state index contributed by atoms with van der Waals surface area (Å²) >= 11 is 0. The Balaban J connectivity index is 1.74. The maximum atomic E-state index is 12.4. The van der Waals surface area contributed by atoms with Crippen molar-refractivity contribution in [3.63, 3.8) is 0 Å². The van der Waals surface area contributed by atoms with Crippen molar-refractivity contribution in [2.45, 2.75) is 32.9 Å². The Kier molecular flexibility index (Phi) is 4.85. The van der Waals surface area contributed by atoms with Gasteiger partial charge < -0.3 is 9.42 Å². The first-order valence-corrected chi connectivity index (χ1v) is 8.33. The zero-order valence-corrected chi connectivity index (χ0v) is 14.5. The van der Waals surface area contributed by atoms with Crippen molar-refractivity contribution < 1.29 is 9.32 Å². The van der Waals surface area contributed by atoms with Crippen LogP contribution in [-0.2, 0) is 11.3 Å². The highest BCUT2D eigenvalue weighted by Crippen LogP contribution is 2.26. The minimum atomic E-state index is -0.0772. The van der Waals surface area contributed by atoms with E-state index in [1.165, 1.54) is 11.3 Å². The van der Waals surface area contributed by atoms with Crippen LogP contribution in [0.25, 0.3) is 0 Å². The van der Waals surface area contributed by atoms with Gasteiger partial charge >= 0.3 is 0 Å². The van der Waals surface area contributed by atoms with Gasteiger partial charge in [-0.15, -0.1) is 0 Å². The van der Waals surface area contributed by atoms with Crippen LogP contribution in [0.1, 0.15) is 24.6 Å². The van der Waals surface area contributed by atoms with E-state index in [1.807, 2.05) is 6.92 Å². The molecule has 128 valence electrons. The van der Waals surface area contributed by atoms with Crippen LogP contribution in [0.4, 0.5) is 11.6 Å². The lowest BCUT2D eigenvalue weighted by atomic mass is 10.1. The van der Waals surface area contributed by atoms with E-state index in [-0.39, 0.29) is 5.91 Å². The Morgan fingerprint density at radius 3 is 2.92 bits per heavy atom. The van der Waals surface area contributed by atoms with Gasteiger partial charge in [0.05, 0.1) is 12.2 Å². The maximum Gasteiger partial charge on any atom is 0.240 e. The van der Waals surface area contributed by atoms with E-state index in [0.29, 0.717) is 18.5 Å². The number of anilines is 2. The van der Waals surface area contributed by atoms with Crippen molar-refractivity contribution in [2.75, 3.05) is 30.4 Å². The molecule has 1 aromatic heterocycles. The second kappa shape index (κ2) is 7.05. The van der Waals surface area contributed by atoms with Gasteiger partial charge in [0.25, 0.3) is 0 Å². The van der Waals surface area contributed by atoms with Crippen LogP contribution in [0, 0.1) is 6.92 Å². The van der Waals surface area contributed by atoms with Crippen LogP contribution in [0.5, 0.6) is 0 Å². The fraction of sp³-hybridized carbons (Fsp3) is 0.444. The number of hydrogen-bond donors (Lipinski definition) is 1. The number of aromatic nitrogens is 1. The highest BCUT2D eigenvalue weighted by molar-refractivity contribution is 5.91. The molecule has 24 heavy (non-hydrogen) atoms. The van der Waals surface area contributed by atoms with Crippen molar-refractivity contribution in [3.8, 4) is 0 Å².